The first-order chi connectivity index (χ1) is 16.0. The first-order valence-electron chi connectivity index (χ1n) is 10.6. The van der Waals surface area contributed by atoms with Crippen molar-refractivity contribution >= 4 is 23.7 Å². The maximum atomic E-state index is 15.0. The summed E-state index contributed by atoms with van der Waals surface area (Å²) in [6.07, 6.45) is 0.629. The van der Waals surface area contributed by atoms with Gasteiger partial charge in [0.1, 0.15) is 5.82 Å². The number of carbonyl (C=O) groups is 4. The number of halogens is 1. The van der Waals surface area contributed by atoms with Gasteiger partial charge >= 0.3 is 12.0 Å². The fourth-order valence-electron chi connectivity index (χ4n) is 4.03. The number of likely N-dealkylation sites (N-methyl/N-ethyl adjacent to an activating group) is 1. The largest absolute Gasteiger partial charge is 0.481 e. The van der Waals surface area contributed by atoms with Crippen LogP contribution in [0.4, 0.5) is 9.18 Å². The van der Waals surface area contributed by atoms with Crippen molar-refractivity contribution in [3.63, 3.8) is 0 Å². The fraction of sp³-hybridized carbons (Fsp3) is 0.280. The Labute approximate surface area is 196 Å². The molecular weight excluding hydrogens is 441 g/mol. The molecule has 1 aliphatic rings. The Morgan fingerprint density at radius 3 is 2.41 bits per heavy atom. The van der Waals surface area contributed by atoms with Crippen LogP contribution in [0.15, 0.2) is 48.2 Å². The van der Waals surface area contributed by atoms with Gasteiger partial charge in [0.15, 0.2) is 11.8 Å². The predicted molar refractivity (Wildman–Crippen MR) is 123 cm³/mol. The molecule has 0 radical (unpaired) electrons. The quantitative estimate of drug-likeness (QED) is 0.564. The molecule has 3 amide bonds. The second-order valence-corrected chi connectivity index (χ2v) is 8.24. The molecule has 0 spiro atoms. The normalized spacial score (nSPS) is 16.7. The van der Waals surface area contributed by atoms with Crippen molar-refractivity contribution in [3.05, 3.63) is 70.7 Å². The van der Waals surface area contributed by atoms with Crippen LogP contribution in [0.2, 0.25) is 0 Å². The molecule has 3 rings (SSSR count). The van der Waals surface area contributed by atoms with Gasteiger partial charge in [0.05, 0.1) is 12.5 Å². The Morgan fingerprint density at radius 2 is 1.76 bits per heavy atom. The molecule has 9 heteroatoms. The number of hydrogen-bond acceptors (Lipinski definition) is 4. The fourth-order valence-corrected chi connectivity index (χ4v) is 4.03. The number of aliphatic carboxylic acids is 1. The van der Waals surface area contributed by atoms with Gasteiger partial charge in [-0.1, -0.05) is 30.3 Å². The first kappa shape index (κ1) is 24.6. The van der Waals surface area contributed by atoms with Crippen LogP contribution >= 0.6 is 0 Å². The van der Waals surface area contributed by atoms with Crippen LogP contribution in [0.25, 0.3) is 11.1 Å². The minimum absolute atomic E-state index is 0.0208. The molecule has 0 saturated heterocycles. The van der Waals surface area contributed by atoms with Gasteiger partial charge in [-0.2, -0.15) is 0 Å². The van der Waals surface area contributed by atoms with E-state index >= 15 is 0 Å². The molecule has 8 nitrogen and oxygen atoms in total. The van der Waals surface area contributed by atoms with Gasteiger partial charge in [0.2, 0.25) is 0 Å². The number of carboxylic acid groups (broad SMARTS) is 1. The van der Waals surface area contributed by atoms with Gasteiger partial charge in [-0.05, 0) is 49.1 Å². The molecule has 0 aromatic heterocycles. The topological polar surface area (TPSA) is 116 Å². The molecule has 1 aliphatic heterocycles. The van der Waals surface area contributed by atoms with Crippen LogP contribution in [-0.4, -0.2) is 46.8 Å². The minimum Gasteiger partial charge on any atom is -0.481 e. The van der Waals surface area contributed by atoms with E-state index in [0.29, 0.717) is 16.8 Å². The summed E-state index contributed by atoms with van der Waals surface area (Å²) in [6, 6.07) is 6.68. The van der Waals surface area contributed by atoms with Crippen molar-refractivity contribution in [2.24, 2.45) is 0 Å². The molecule has 34 heavy (non-hydrogen) atoms. The van der Waals surface area contributed by atoms with Gasteiger partial charge in [0.25, 0.3) is 5.91 Å². The molecule has 178 valence electrons. The Kier molecular flexibility index (Phi) is 7.14. The summed E-state index contributed by atoms with van der Waals surface area (Å²) in [6.45, 7) is 5.15. The van der Waals surface area contributed by atoms with Gasteiger partial charge in [-0.15, -0.1) is 0 Å². The van der Waals surface area contributed by atoms with Crippen LogP contribution in [0.5, 0.6) is 0 Å². The zero-order chi connectivity index (χ0) is 25.2. The number of rotatable bonds is 6. The molecule has 1 unspecified atom stereocenters. The second-order valence-electron chi connectivity index (χ2n) is 8.24. The highest BCUT2D eigenvalue weighted by molar-refractivity contribution is 6.15. The number of nitrogens with zero attached hydrogens (tertiary/aromatic N) is 1. The monoisotopic (exact) mass is 467 g/mol. The lowest BCUT2D eigenvalue weighted by Crippen LogP contribution is -2.56. The second kappa shape index (κ2) is 9.86. The SMILES string of the molecule is CC1=CC(=O)C(NC(=O)N[C@@H](CC(=O)O)c2c(F)ccc(-c3ccccc3C)c2C)C(=O)N1C. The molecule has 0 fully saturated rings. The summed E-state index contributed by atoms with van der Waals surface area (Å²) in [4.78, 5) is 50.2. The smallest absolute Gasteiger partial charge is 0.316 e. The molecule has 0 bridgehead atoms. The number of urea groups is 1. The summed E-state index contributed by atoms with van der Waals surface area (Å²) in [5.74, 6) is -3.16. The van der Waals surface area contributed by atoms with Gasteiger partial charge < -0.3 is 20.6 Å². The lowest BCUT2D eigenvalue weighted by atomic mass is 9.89. The van der Waals surface area contributed by atoms with Crippen LogP contribution in [-0.2, 0) is 14.4 Å². The highest BCUT2D eigenvalue weighted by Gasteiger charge is 2.35. The average Bonchev–Trinajstić information content (AvgIpc) is 2.75. The molecule has 0 saturated carbocycles. The van der Waals surface area contributed by atoms with E-state index < -0.39 is 48.0 Å². The van der Waals surface area contributed by atoms with Crippen molar-refractivity contribution < 1.29 is 28.7 Å². The van der Waals surface area contributed by atoms with E-state index in [1.807, 2.05) is 31.2 Å². The number of aryl methyl sites for hydroxylation is 1. The Balaban J connectivity index is 1.94. The number of allylic oxidation sites excluding steroid dienone is 1. The zero-order valence-electron chi connectivity index (χ0n) is 19.3. The van der Waals surface area contributed by atoms with E-state index in [9.17, 15) is 28.7 Å². The Bertz CT molecular complexity index is 1210. The Morgan fingerprint density at radius 1 is 1.09 bits per heavy atom. The van der Waals surface area contributed by atoms with Crippen LogP contribution in [0.3, 0.4) is 0 Å². The number of hydrogen-bond donors (Lipinski definition) is 3. The number of amides is 3. The maximum Gasteiger partial charge on any atom is 0.316 e. The van der Waals surface area contributed by atoms with Crippen LogP contribution in [0, 0.1) is 19.7 Å². The third-order valence-corrected chi connectivity index (χ3v) is 5.95. The molecule has 2 aromatic rings. The number of carbonyl (C=O) groups excluding carboxylic acids is 3. The predicted octanol–water partition coefficient (Wildman–Crippen LogP) is 3.24. The number of carboxylic acids is 1. The van der Waals surface area contributed by atoms with E-state index in [-0.39, 0.29) is 5.56 Å². The highest BCUT2D eigenvalue weighted by atomic mass is 19.1. The molecule has 2 atom stereocenters. The van der Waals surface area contributed by atoms with Crippen molar-refractivity contribution in [1.82, 2.24) is 15.5 Å². The molecule has 3 N–H and O–H groups in total. The molecular formula is C25H26FN3O5. The van der Waals surface area contributed by atoms with Gasteiger partial charge in [-0.25, -0.2) is 9.18 Å². The first-order valence-corrected chi connectivity index (χ1v) is 10.6. The lowest BCUT2D eigenvalue weighted by molar-refractivity contribution is -0.138. The summed E-state index contributed by atoms with van der Waals surface area (Å²) >= 11 is 0. The number of nitrogens with one attached hydrogen (secondary N) is 2. The highest BCUT2D eigenvalue weighted by Crippen LogP contribution is 2.33. The van der Waals surface area contributed by atoms with Crippen molar-refractivity contribution in [3.8, 4) is 11.1 Å². The van der Waals surface area contributed by atoms with E-state index in [1.165, 1.54) is 24.1 Å². The Hall–Kier alpha value is -4.01. The van der Waals surface area contributed by atoms with Gasteiger partial charge in [-0.3, -0.25) is 14.4 Å². The van der Waals surface area contributed by atoms with Gasteiger partial charge in [0, 0.05) is 24.4 Å². The van der Waals surface area contributed by atoms with E-state index in [4.69, 9.17) is 0 Å². The average molecular weight is 467 g/mol. The van der Waals surface area contributed by atoms with E-state index in [1.54, 1.807) is 19.9 Å². The van der Waals surface area contributed by atoms with Crippen molar-refractivity contribution in [2.75, 3.05) is 7.05 Å². The van der Waals surface area contributed by atoms with E-state index in [0.717, 1.165) is 11.1 Å². The number of ketones is 1. The summed E-state index contributed by atoms with van der Waals surface area (Å²) in [7, 11) is 1.47. The molecule has 0 aliphatic carbocycles. The summed E-state index contributed by atoms with van der Waals surface area (Å²) in [5, 5.41) is 14.1. The lowest BCUT2D eigenvalue weighted by Gasteiger charge is -2.29. The summed E-state index contributed by atoms with van der Waals surface area (Å²) in [5.41, 5.74) is 3.43. The molecule has 1 heterocycles. The van der Waals surface area contributed by atoms with Crippen LogP contribution < -0.4 is 10.6 Å². The number of benzene rings is 2. The third kappa shape index (κ3) is 4.98. The zero-order valence-corrected chi connectivity index (χ0v) is 19.3. The van der Waals surface area contributed by atoms with Crippen LogP contribution in [0.1, 0.15) is 36.1 Å². The standard InChI is InChI=1S/C25H26FN3O5/c1-13-7-5-6-8-16(13)17-9-10-18(26)22(15(17)3)19(12-21(31)32)27-25(34)28-23-20(30)11-14(2)29(4)24(23)33/h5-11,19,23H,12H2,1-4H3,(H,31,32)(H2,27,28,34)/t19-,23?/m0/s1. The van der Waals surface area contributed by atoms with Crippen molar-refractivity contribution in [2.45, 2.75) is 39.3 Å². The third-order valence-electron chi connectivity index (χ3n) is 5.95. The molecule has 2 aromatic carbocycles. The minimum atomic E-state index is -1.46. The van der Waals surface area contributed by atoms with Crippen molar-refractivity contribution in [1.29, 1.82) is 0 Å². The summed E-state index contributed by atoms with van der Waals surface area (Å²) < 4.78 is 15.0. The maximum absolute atomic E-state index is 15.0. The van der Waals surface area contributed by atoms with E-state index in [2.05, 4.69) is 10.6 Å².